The van der Waals surface area contributed by atoms with Crippen molar-refractivity contribution in [3.63, 3.8) is 0 Å². The van der Waals surface area contributed by atoms with Gasteiger partial charge in [0.2, 0.25) is 0 Å². The zero-order chi connectivity index (χ0) is 21.0. The summed E-state index contributed by atoms with van der Waals surface area (Å²) in [5.41, 5.74) is 7.06. The van der Waals surface area contributed by atoms with Crippen molar-refractivity contribution >= 4 is 11.4 Å². The van der Waals surface area contributed by atoms with E-state index in [0.717, 1.165) is 12.1 Å². The molecule has 1 aromatic carbocycles. The monoisotopic (exact) mass is 414 g/mol. The number of ether oxygens (including phenoxy) is 1. The van der Waals surface area contributed by atoms with Crippen LogP contribution >= 0.6 is 0 Å². The summed E-state index contributed by atoms with van der Waals surface area (Å²) in [5, 5.41) is 5.86. The van der Waals surface area contributed by atoms with Gasteiger partial charge in [-0.25, -0.2) is 37.5 Å². The van der Waals surface area contributed by atoms with Gasteiger partial charge < -0.3 is 15.0 Å². The van der Waals surface area contributed by atoms with Crippen LogP contribution in [0.4, 0.5) is 33.3 Å². The first-order valence-electron chi connectivity index (χ1n) is 8.26. The van der Waals surface area contributed by atoms with Gasteiger partial charge in [-0.05, 0) is 18.2 Å². The van der Waals surface area contributed by atoms with Gasteiger partial charge in [0, 0.05) is 11.9 Å². The third kappa shape index (κ3) is 5.15. The van der Waals surface area contributed by atoms with E-state index in [9.17, 15) is 22.0 Å². The minimum absolute atomic E-state index is 0.0580. The first-order valence-corrected chi connectivity index (χ1v) is 8.26. The summed E-state index contributed by atoms with van der Waals surface area (Å²) in [6.45, 7) is -1.02. The highest BCUT2D eigenvalue weighted by Crippen LogP contribution is 2.31. The van der Waals surface area contributed by atoms with Crippen LogP contribution in [0, 0.1) is 11.3 Å². The largest absolute Gasteiger partial charge is 0.457 e. The number of halogens is 5. The number of nitrogens with zero attached hydrogens (tertiary/aromatic N) is 4. The van der Waals surface area contributed by atoms with Gasteiger partial charge in [0.05, 0.1) is 36.7 Å². The van der Waals surface area contributed by atoms with Crippen molar-refractivity contribution in [2.75, 3.05) is 29.9 Å². The number of aromatic nitrogens is 2. The second-order valence-corrected chi connectivity index (χ2v) is 6.15. The minimum atomic E-state index is -2.97. The average molecular weight is 414 g/mol. The molecule has 0 amide bonds. The molecular weight excluding hydrogens is 399 g/mol. The fourth-order valence-electron chi connectivity index (χ4n) is 2.45. The van der Waals surface area contributed by atoms with Crippen molar-refractivity contribution in [1.29, 1.82) is 5.53 Å². The summed E-state index contributed by atoms with van der Waals surface area (Å²) in [6, 6.07) is 3.04. The van der Waals surface area contributed by atoms with Gasteiger partial charge in [0.25, 0.3) is 12.3 Å². The van der Waals surface area contributed by atoms with Crippen molar-refractivity contribution in [2.24, 2.45) is 5.11 Å². The van der Waals surface area contributed by atoms with E-state index in [4.69, 9.17) is 10.3 Å². The average Bonchev–Trinajstić information content (AvgIpc) is 2.67. The molecule has 7 nitrogen and oxygen atoms in total. The first-order chi connectivity index (χ1) is 13.8. The lowest BCUT2D eigenvalue weighted by atomic mass is 10.1. The van der Waals surface area contributed by atoms with Crippen molar-refractivity contribution in [2.45, 2.75) is 12.3 Å². The molecule has 29 heavy (non-hydrogen) atoms. The molecular formula is C17H15F5N6O. The summed E-state index contributed by atoms with van der Waals surface area (Å²) < 4.78 is 69.7. The molecule has 1 aliphatic heterocycles. The zero-order valence-electron chi connectivity index (χ0n) is 14.7. The SMILES string of the molecule is N=N/C(=C\Nc1ccc(F)c(C(F)F)c1)COc1ncc(N2CC(F)(F)C2)cn1. The van der Waals surface area contributed by atoms with E-state index < -0.39 is 36.8 Å². The number of anilines is 2. The Morgan fingerprint density at radius 2 is 2.00 bits per heavy atom. The molecule has 2 aromatic rings. The normalized spacial score (nSPS) is 15.8. The molecule has 0 saturated carbocycles. The summed E-state index contributed by atoms with van der Waals surface area (Å²) in [4.78, 5) is 9.21. The zero-order valence-corrected chi connectivity index (χ0v) is 14.7. The minimum Gasteiger partial charge on any atom is -0.457 e. The van der Waals surface area contributed by atoms with Crippen LogP contribution in [-0.4, -0.2) is 35.6 Å². The highest BCUT2D eigenvalue weighted by Gasteiger charge is 2.44. The molecule has 0 bridgehead atoms. The van der Waals surface area contributed by atoms with E-state index >= 15 is 0 Å². The quantitative estimate of drug-likeness (QED) is 0.495. The number of benzene rings is 1. The van der Waals surface area contributed by atoms with Crippen LogP contribution in [0.25, 0.3) is 0 Å². The fourth-order valence-corrected chi connectivity index (χ4v) is 2.45. The van der Waals surface area contributed by atoms with Crippen LogP contribution in [0.15, 0.2) is 47.6 Å². The number of alkyl halides is 4. The van der Waals surface area contributed by atoms with Crippen LogP contribution < -0.4 is 15.0 Å². The predicted octanol–water partition coefficient (Wildman–Crippen LogP) is 4.37. The second-order valence-electron chi connectivity index (χ2n) is 6.15. The molecule has 12 heteroatoms. The number of hydrogen-bond donors (Lipinski definition) is 2. The molecule has 3 rings (SSSR count). The van der Waals surface area contributed by atoms with Crippen LogP contribution in [0.1, 0.15) is 12.0 Å². The molecule has 2 heterocycles. The molecule has 1 saturated heterocycles. The Balaban J connectivity index is 1.56. The molecule has 1 fully saturated rings. The Hall–Kier alpha value is -3.31. The fraction of sp³-hybridized carbons (Fsp3) is 0.294. The van der Waals surface area contributed by atoms with Crippen molar-refractivity contribution < 1.29 is 26.7 Å². The van der Waals surface area contributed by atoms with Gasteiger partial charge >= 0.3 is 6.01 Å². The topological polar surface area (TPSA) is 86.5 Å². The van der Waals surface area contributed by atoms with Gasteiger partial charge in [-0.3, -0.25) is 0 Å². The Morgan fingerprint density at radius 1 is 1.31 bits per heavy atom. The van der Waals surface area contributed by atoms with Crippen molar-refractivity contribution in [1.82, 2.24) is 9.97 Å². The van der Waals surface area contributed by atoms with Crippen LogP contribution in [-0.2, 0) is 0 Å². The number of nitrogens with one attached hydrogen (secondary N) is 2. The van der Waals surface area contributed by atoms with Gasteiger partial charge in [-0.1, -0.05) is 0 Å². The molecule has 154 valence electrons. The maximum absolute atomic E-state index is 13.3. The summed E-state index contributed by atoms with van der Waals surface area (Å²) in [6.07, 6.45) is 0.932. The highest BCUT2D eigenvalue weighted by atomic mass is 19.3. The third-order valence-electron chi connectivity index (χ3n) is 3.95. The third-order valence-corrected chi connectivity index (χ3v) is 3.95. The van der Waals surface area contributed by atoms with E-state index in [1.54, 1.807) is 0 Å². The summed E-state index contributed by atoms with van der Waals surface area (Å²) in [7, 11) is 0. The smallest absolute Gasteiger partial charge is 0.316 e. The van der Waals surface area contributed by atoms with Gasteiger partial charge in [0.15, 0.2) is 0 Å². The summed E-state index contributed by atoms with van der Waals surface area (Å²) >= 11 is 0. The molecule has 0 spiro atoms. The molecule has 0 unspecified atom stereocenters. The molecule has 1 aliphatic rings. The molecule has 2 N–H and O–H groups in total. The lowest BCUT2D eigenvalue weighted by molar-refractivity contribution is -0.0263. The molecule has 0 radical (unpaired) electrons. The Kier molecular flexibility index (Phi) is 5.89. The lowest BCUT2D eigenvalue weighted by Crippen LogP contribution is -2.56. The Morgan fingerprint density at radius 3 is 2.59 bits per heavy atom. The van der Waals surface area contributed by atoms with Crippen molar-refractivity contribution in [3.05, 3.63) is 53.9 Å². The summed E-state index contributed by atoms with van der Waals surface area (Å²) in [5.74, 6) is -3.73. The predicted molar refractivity (Wildman–Crippen MR) is 92.9 cm³/mol. The molecule has 0 atom stereocenters. The maximum atomic E-state index is 13.3. The second kappa shape index (κ2) is 8.37. The van der Waals surface area contributed by atoms with Crippen LogP contribution in [0.5, 0.6) is 6.01 Å². The van der Waals surface area contributed by atoms with Crippen LogP contribution in [0.3, 0.4) is 0 Å². The number of rotatable bonds is 8. The lowest BCUT2D eigenvalue weighted by Gasteiger charge is -2.39. The number of hydrogen-bond acceptors (Lipinski definition) is 7. The van der Waals surface area contributed by atoms with Gasteiger partial charge in [-0.2, -0.15) is 5.11 Å². The first kappa shape index (κ1) is 20.4. The van der Waals surface area contributed by atoms with E-state index in [2.05, 4.69) is 20.4 Å². The van der Waals surface area contributed by atoms with Crippen molar-refractivity contribution in [3.8, 4) is 6.01 Å². The standard InChI is InChI=1S/C17H15F5N6O/c18-14-2-1-10(3-13(14)15(19)20)24-4-11(27-23)7-29-16-25-5-12(6-26-16)28-8-17(21,22)9-28/h1-6,15,23-24H,7-9H2/b11-4-,27-23?. The van der Waals surface area contributed by atoms with E-state index in [0.29, 0.717) is 5.69 Å². The Bertz CT molecular complexity index is 898. The Labute approximate surface area is 161 Å². The van der Waals surface area contributed by atoms with Gasteiger partial charge in [-0.15, -0.1) is 0 Å². The molecule has 0 aliphatic carbocycles. The maximum Gasteiger partial charge on any atom is 0.316 e. The van der Waals surface area contributed by atoms with Crippen LogP contribution in [0.2, 0.25) is 0 Å². The van der Waals surface area contributed by atoms with E-state index in [1.165, 1.54) is 29.6 Å². The van der Waals surface area contributed by atoms with Gasteiger partial charge in [0.1, 0.15) is 18.1 Å². The highest BCUT2D eigenvalue weighted by molar-refractivity contribution is 5.49. The van der Waals surface area contributed by atoms with E-state index in [1.807, 2.05) is 0 Å². The molecule has 1 aromatic heterocycles. The van der Waals surface area contributed by atoms with E-state index in [-0.39, 0.29) is 24.0 Å².